The first-order valence-electron chi connectivity index (χ1n) is 10.2. The molecule has 2 aromatic carbocycles. The molecule has 0 bridgehead atoms. The van der Waals surface area contributed by atoms with E-state index < -0.39 is 0 Å². The Morgan fingerprint density at radius 1 is 1.12 bits per heavy atom. The molecule has 0 fully saturated rings. The van der Waals surface area contributed by atoms with E-state index in [0.717, 1.165) is 5.56 Å². The molecule has 0 aliphatic rings. The van der Waals surface area contributed by atoms with Gasteiger partial charge in [-0.2, -0.15) is 0 Å². The second-order valence-corrected chi connectivity index (χ2v) is 9.14. The molecule has 3 aromatic rings. The Hall–Kier alpha value is -2.84. The van der Waals surface area contributed by atoms with Gasteiger partial charge >= 0.3 is 0 Å². The van der Waals surface area contributed by atoms with Crippen LogP contribution < -0.4 is 10.6 Å². The molecule has 0 radical (unpaired) electrons. The van der Waals surface area contributed by atoms with Crippen LogP contribution in [0.25, 0.3) is 0 Å². The van der Waals surface area contributed by atoms with Crippen molar-refractivity contribution in [2.75, 3.05) is 11.1 Å². The van der Waals surface area contributed by atoms with Crippen molar-refractivity contribution in [3.05, 3.63) is 70.5 Å². The van der Waals surface area contributed by atoms with Gasteiger partial charge in [-0.3, -0.25) is 9.59 Å². The van der Waals surface area contributed by atoms with Crippen LogP contribution >= 0.6 is 23.4 Å². The van der Waals surface area contributed by atoms with Gasteiger partial charge in [-0.05, 0) is 42.7 Å². The van der Waals surface area contributed by atoms with Gasteiger partial charge in [-0.1, -0.05) is 61.5 Å². The van der Waals surface area contributed by atoms with E-state index in [4.69, 9.17) is 11.6 Å². The van der Waals surface area contributed by atoms with Crippen molar-refractivity contribution >= 4 is 40.9 Å². The van der Waals surface area contributed by atoms with E-state index in [1.165, 1.54) is 11.8 Å². The van der Waals surface area contributed by atoms with Crippen LogP contribution in [0.3, 0.4) is 0 Å². The smallest absolute Gasteiger partial charge is 0.251 e. The summed E-state index contributed by atoms with van der Waals surface area (Å²) in [7, 11) is 1.83. The van der Waals surface area contributed by atoms with Crippen molar-refractivity contribution in [1.29, 1.82) is 0 Å². The van der Waals surface area contributed by atoms with E-state index in [0.29, 0.717) is 27.3 Å². The fraction of sp³-hybridized carbons (Fsp3) is 0.304. The molecule has 1 aromatic heterocycles. The number of anilines is 1. The summed E-state index contributed by atoms with van der Waals surface area (Å²) in [4.78, 5) is 25.1. The number of nitrogens with zero attached hydrogens (tertiary/aromatic N) is 3. The zero-order valence-corrected chi connectivity index (χ0v) is 20.0. The van der Waals surface area contributed by atoms with Crippen LogP contribution in [0.4, 0.5) is 5.69 Å². The van der Waals surface area contributed by atoms with Crippen LogP contribution in [0, 0.1) is 12.8 Å². The topological polar surface area (TPSA) is 88.9 Å². The van der Waals surface area contributed by atoms with Gasteiger partial charge in [0.1, 0.15) is 0 Å². The largest absolute Gasteiger partial charge is 0.342 e. The molecule has 0 spiro atoms. The molecule has 1 heterocycles. The highest BCUT2D eigenvalue weighted by atomic mass is 35.5. The Balaban J connectivity index is 1.67. The van der Waals surface area contributed by atoms with E-state index in [9.17, 15) is 9.59 Å². The molecule has 0 saturated heterocycles. The number of hydrogen-bond acceptors (Lipinski definition) is 5. The summed E-state index contributed by atoms with van der Waals surface area (Å²) < 4.78 is 1.82. The van der Waals surface area contributed by atoms with E-state index in [2.05, 4.69) is 20.8 Å². The standard InChI is InChI=1S/C23H26ClN5O2S/c1-14(2)20(26-22(31)16-8-6-5-7-9-16)21-27-28-23(29(21)4)32-13-19(30)25-18-12-17(24)11-10-15(18)3/h5-12,14,20H,13H2,1-4H3,(H,25,30)(H,26,31)/t20-/m1/s1. The van der Waals surface area contributed by atoms with Crippen LogP contribution in [0.1, 0.15) is 41.6 Å². The molecule has 0 saturated carbocycles. The summed E-state index contributed by atoms with van der Waals surface area (Å²) in [5.41, 5.74) is 2.20. The lowest BCUT2D eigenvalue weighted by molar-refractivity contribution is -0.113. The number of nitrogens with one attached hydrogen (secondary N) is 2. The number of carbonyl (C=O) groups excluding carboxylic acids is 2. The molecule has 2 amide bonds. The second kappa shape index (κ2) is 10.7. The summed E-state index contributed by atoms with van der Waals surface area (Å²) in [5, 5.41) is 15.6. The number of benzene rings is 2. The first-order valence-corrected chi connectivity index (χ1v) is 11.6. The Morgan fingerprint density at radius 3 is 2.53 bits per heavy atom. The zero-order valence-electron chi connectivity index (χ0n) is 18.4. The van der Waals surface area contributed by atoms with Crippen molar-refractivity contribution < 1.29 is 9.59 Å². The molecule has 9 heteroatoms. The third kappa shape index (κ3) is 5.89. The van der Waals surface area contributed by atoms with Crippen LogP contribution in [-0.2, 0) is 11.8 Å². The molecule has 0 unspecified atom stereocenters. The van der Waals surface area contributed by atoms with Crippen molar-refractivity contribution in [2.24, 2.45) is 13.0 Å². The van der Waals surface area contributed by atoms with Gasteiger partial charge in [0.25, 0.3) is 5.91 Å². The average molecular weight is 472 g/mol. The Labute approximate surface area is 197 Å². The van der Waals surface area contributed by atoms with Gasteiger partial charge in [0.15, 0.2) is 11.0 Å². The number of rotatable bonds is 8. The SMILES string of the molecule is Cc1ccc(Cl)cc1NC(=O)CSc1nnc([C@H](NC(=O)c2ccccc2)C(C)C)n1C. The highest BCUT2D eigenvalue weighted by Crippen LogP contribution is 2.25. The van der Waals surface area contributed by atoms with E-state index in [-0.39, 0.29) is 29.5 Å². The van der Waals surface area contributed by atoms with Crippen molar-refractivity contribution in [3.8, 4) is 0 Å². The summed E-state index contributed by atoms with van der Waals surface area (Å²) in [6.45, 7) is 5.93. The molecular weight excluding hydrogens is 446 g/mol. The van der Waals surface area contributed by atoms with E-state index >= 15 is 0 Å². The number of carbonyl (C=O) groups is 2. The summed E-state index contributed by atoms with van der Waals surface area (Å²) in [5.74, 6) is 0.566. The number of halogens is 1. The predicted octanol–water partition coefficient (Wildman–Crippen LogP) is 4.63. The Morgan fingerprint density at radius 2 is 1.84 bits per heavy atom. The quantitative estimate of drug-likeness (QED) is 0.467. The van der Waals surface area contributed by atoms with Gasteiger partial charge < -0.3 is 15.2 Å². The van der Waals surface area contributed by atoms with E-state index in [1.807, 2.05) is 56.7 Å². The fourth-order valence-corrected chi connectivity index (χ4v) is 4.00. The number of aromatic nitrogens is 3. The molecular formula is C23H26ClN5O2S. The molecule has 168 valence electrons. The number of hydrogen-bond donors (Lipinski definition) is 2. The fourth-order valence-electron chi connectivity index (χ4n) is 3.11. The minimum atomic E-state index is -0.322. The predicted molar refractivity (Wildman–Crippen MR) is 128 cm³/mol. The number of aryl methyl sites for hydroxylation is 1. The molecule has 32 heavy (non-hydrogen) atoms. The molecule has 0 aliphatic heterocycles. The normalized spacial score (nSPS) is 11.9. The Kier molecular flexibility index (Phi) is 7.93. The van der Waals surface area contributed by atoms with Crippen molar-refractivity contribution in [1.82, 2.24) is 20.1 Å². The second-order valence-electron chi connectivity index (χ2n) is 7.76. The van der Waals surface area contributed by atoms with Crippen LogP contribution in [0.15, 0.2) is 53.7 Å². The highest BCUT2D eigenvalue weighted by molar-refractivity contribution is 7.99. The van der Waals surface area contributed by atoms with Gasteiger partial charge in [0.2, 0.25) is 5.91 Å². The number of thioether (sulfide) groups is 1. The zero-order chi connectivity index (χ0) is 23.3. The highest BCUT2D eigenvalue weighted by Gasteiger charge is 2.25. The third-order valence-corrected chi connectivity index (χ3v) is 6.20. The van der Waals surface area contributed by atoms with Crippen LogP contribution in [-0.4, -0.2) is 32.3 Å². The Bertz CT molecular complexity index is 1100. The lowest BCUT2D eigenvalue weighted by atomic mass is 10.0. The molecule has 7 nitrogen and oxygen atoms in total. The minimum absolute atomic E-state index is 0.0949. The summed E-state index contributed by atoms with van der Waals surface area (Å²) >= 11 is 7.30. The van der Waals surface area contributed by atoms with E-state index in [1.54, 1.807) is 24.3 Å². The number of amides is 2. The van der Waals surface area contributed by atoms with Crippen molar-refractivity contribution in [3.63, 3.8) is 0 Å². The third-order valence-electron chi connectivity index (χ3n) is 4.94. The maximum Gasteiger partial charge on any atom is 0.251 e. The van der Waals surface area contributed by atoms with Gasteiger partial charge in [-0.15, -0.1) is 10.2 Å². The molecule has 1 atom stereocenters. The van der Waals surface area contributed by atoms with Gasteiger partial charge in [-0.25, -0.2) is 0 Å². The van der Waals surface area contributed by atoms with Gasteiger partial charge in [0.05, 0.1) is 11.8 Å². The van der Waals surface area contributed by atoms with Crippen LogP contribution in [0.5, 0.6) is 0 Å². The van der Waals surface area contributed by atoms with Crippen LogP contribution in [0.2, 0.25) is 5.02 Å². The average Bonchev–Trinajstić information content (AvgIpc) is 3.13. The minimum Gasteiger partial charge on any atom is -0.342 e. The summed E-state index contributed by atoms with van der Waals surface area (Å²) in [6, 6.07) is 14.1. The summed E-state index contributed by atoms with van der Waals surface area (Å²) in [6.07, 6.45) is 0. The lowest BCUT2D eigenvalue weighted by Crippen LogP contribution is -2.33. The lowest BCUT2D eigenvalue weighted by Gasteiger charge is -2.21. The molecule has 0 aliphatic carbocycles. The monoisotopic (exact) mass is 471 g/mol. The molecule has 3 rings (SSSR count). The maximum atomic E-state index is 12.7. The molecule has 2 N–H and O–H groups in total. The maximum absolute atomic E-state index is 12.7. The first kappa shape index (κ1) is 23.8. The van der Waals surface area contributed by atoms with Crippen molar-refractivity contribution in [2.45, 2.75) is 32.0 Å². The van der Waals surface area contributed by atoms with Gasteiger partial charge in [0, 0.05) is 23.3 Å². The first-order chi connectivity index (χ1) is 15.3.